The summed E-state index contributed by atoms with van der Waals surface area (Å²) in [4.78, 5) is 36.5. The second-order valence-electron chi connectivity index (χ2n) is 3.80. The lowest BCUT2D eigenvalue weighted by atomic mass is 10.2. The van der Waals surface area contributed by atoms with Crippen LogP contribution in [0.5, 0.6) is 0 Å². The molecule has 0 fully saturated rings. The van der Waals surface area contributed by atoms with Gasteiger partial charge in [0.1, 0.15) is 6.33 Å². The molecule has 0 bridgehead atoms. The van der Waals surface area contributed by atoms with Crippen LogP contribution in [0.4, 0.5) is 5.69 Å². The van der Waals surface area contributed by atoms with E-state index in [0.29, 0.717) is 5.16 Å². The molecule has 0 unspecified atom stereocenters. The van der Waals surface area contributed by atoms with Crippen molar-refractivity contribution in [3.8, 4) is 0 Å². The molecule has 0 saturated carbocycles. The number of nitrogens with zero attached hydrogens (tertiary/aromatic N) is 3. The fraction of sp³-hybridized carbons (Fsp3) is 0.0909. The number of benzene rings is 1. The average Bonchev–Trinajstić information content (AvgIpc) is 2.97. The first-order valence-corrected chi connectivity index (χ1v) is 6.49. The van der Waals surface area contributed by atoms with E-state index in [2.05, 4.69) is 19.9 Å². The monoisotopic (exact) mass is 324 g/mol. The SMILES string of the molecule is O=C(O)COC(=O)c1ccc(Sc2ncn[nH]2)c([N+](=O)[O-])c1. The molecule has 2 N–H and O–H groups in total. The topological polar surface area (TPSA) is 148 Å². The molecule has 10 nitrogen and oxygen atoms in total. The number of nitrogens with one attached hydrogen (secondary N) is 1. The Morgan fingerprint density at radius 2 is 2.23 bits per heavy atom. The maximum Gasteiger partial charge on any atom is 0.341 e. The van der Waals surface area contributed by atoms with Crippen LogP contribution < -0.4 is 0 Å². The van der Waals surface area contributed by atoms with Gasteiger partial charge in [0.25, 0.3) is 5.69 Å². The summed E-state index contributed by atoms with van der Waals surface area (Å²) in [5, 5.41) is 26.0. The minimum Gasteiger partial charge on any atom is -0.479 e. The second kappa shape index (κ2) is 6.67. The molecule has 0 aliphatic carbocycles. The Labute approximate surface area is 126 Å². The van der Waals surface area contributed by atoms with Gasteiger partial charge in [0.05, 0.1) is 15.4 Å². The third-order valence-electron chi connectivity index (χ3n) is 2.32. The molecule has 0 aliphatic rings. The number of hydrogen-bond acceptors (Lipinski definition) is 8. The average molecular weight is 324 g/mol. The molecule has 2 aromatic rings. The molecule has 22 heavy (non-hydrogen) atoms. The van der Waals surface area contributed by atoms with Crippen LogP contribution in [0, 0.1) is 10.1 Å². The molecule has 0 atom stereocenters. The Morgan fingerprint density at radius 3 is 2.82 bits per heavy atom. The number of nitro groups is 1. The number of H-pyrrole nitrogens is 1. The summed E-state index contributed by atoms with van der Waals surface area (Å²) in [5.74, 6) is -2.28. The number of aliphatic carboxylic acids is 1. The number of ether oxygens (including phenoxy) is 1. The molecule has 1 heterocycles. The lowest BCUT2D eigenvalue weighted by Gasteiger charge is -2.04. The largest absolute Gasteiger partial charge is 0.479 e. The van der Waals surface area contributed by atoms with E-state index < -0.39 is 23.5 Å². The molecule has 1 aromatic heterocycles. The van der Waals surface area contributed by atoms with Gasteiger partial charge in [-0.05, 0) is 23.9 Å². The highest BCUT2D eigenvalue weighted by atomic mass is 32.2. The highest BCUT2D eigenvalue weighted by Gasteiger charge is 2.20. The zero-order valence-corrected chi connectivity index (χ0v) is 11.6. The van der Waals surface area contributed by atoms with Crippen molar-refractivity contribution in [1.29, 1.82) is 0 Å². The van der Waals surface area contributed by atoms with Crippen LogP contribution in [0.15, 0.2) is 34.6 Å². The van der Waals surface area contributed by atoms with Crippen molar-refractivity contribution in [2.24, 2.45) is 0 Å². The summed E-state index contributed by atoms with van der Waals surface area (Å²) in [6.45, 7) is -0.818. The van der Waals surface area contributed by atoms with Crippen LogP contribution in [0.1, 0.15) is 10.4 Å². The van der Waals surface area contributed by atoms with Crippen molar-refractivity contribution >= 4 is 29.4 Å². The van der Waals surface area contributed by atoms with E-state index in [0.717, 1.165) is 17.8 Å². The number of aromatic nitrogens is 3. The van der Waals surface area contributed by atoms with Crippen molar-refractivity contribution in [1.82, 2.24) is 15.2 Å². The summed E-state index contributed by atoms with van der Waals surface area (Å²) in [6.07, 6.45) is 1.26. The molecule has 0 radical (unpaired) electrons. The van der Waals surface area contributed by atoms with Gasteiger partial charge < -0.3 is 9.84 Å². The number of carboxylic acids is 1. The molecule has 1 aromatic carbocycles. The maximum absolute atomic E-state index is 11.6. The van der Waals surface area contributed by atoms with Gasteiger partial charge >= 0.3 is 11.9 Å². The molecule has 2 rings (SSSR count). The van der Waals surface area contributed by atoms with Crippen molar-refractivity contribution in [2.75, 3.05) is 6.61 Å². The molecule has 0 saturated heterocycles. The maximum atomic E-state index is 11.6. The minimum atomic E-state index is -1.32. The summed E-state index contributed by atoms with van der Waals surface area (Å²) in [5.41, 5.74) is -0.443. The Kier molecular flexibility index (Phi) is 4.68. The summed E-state index contributed by atoms with van der Waals surface area (Å²) < 4.78 is 4.47. The summed E-state index contributed by atoms with van der Waals surface area (Å²) >= 11 is 0.971. The molecular formula is C11H8N4O6S. The van der Waals surface area contributed by atoms with Gasteiger partial charge in [0, 0.05) is 6.07 Å². The number of esters is 1. The smallest absolute Gasteiger partial charge is 0.341 e. The van der Waals surface area contributed by atoms with Gasteiger partial charge in [0.15, 0.2) is 11.8 Å². The second-order valence-corrected chi connectivity index (χ2v) is 4.83. The molecule has 11 heteroatoms. The highest BCUT2D eigenvalue weighted by molar-refractivity contribution is 7.99. The van der Waals surface area contributed by atoms with Crippen LogP contribution >= 0.6 is 11.8 Å². The van der Waals surface area contributed by atoms with Gasteiger partial charge in [-0.3, -0.25) is 15.2 Å². The fourth-order valence-corrected chi connectivity index (χ4v) is 2.21. The van der Waals surface area contributed by atoms with Crippen molar-refractivity contribution in [3.05, 3.63) is 40.2 Å². The number of nitro benzene ring substituents is 1. The minimum absolute atomic E-state index is 0.116. The van der Waals surface area contributed by atoms with Gasteiger partial charge in [-0.15, -0.1) is 0 Å². The van der Waals surface area contributed by atoms with Crippen LogP contribution in [-0.2, 0) is 9.53 Å². The first-order chi connectivity index (χ1) is 10.5. The highest BCUT2D eigenvalue weighted by Crippen LogP contribution is 2.33. The number of rotatable bonds is 6. The van der Waals surface area contributed by atoms with Crippen molar-refractivity contribution < 1.29 is 24.4 Å². The van der Waals surface area contributed by atoms with Gasteiger partial charge in [-0.2, -0.15) is 5.10 Å². The fourth-order valence-electron chi connectivity index (χ4n) is 1.43. The summed E-state index contributed by atoms with van der Waals surface area (Å²) in [7, 11) is 0. The van der Waals surface area contributed by atoms with E-state index in [1.165, 1.54) is 18.5 Å². The van der Waals surface area contributed by atoms with E-state index in [1.54, 1.807) is 0 Å². The predicted molar refractivity (Wildman–Crippen MR) is 71.5 cm³/mol. The van der Waals surface area contributed by atoms with E-state index >= 15 is 0 Å². The molecule has 0 spiro atoms. The van der Waals surface area contributed by atoms with Crippen LogP contribution in [0.3, 0.4) is 0 Å². The zero-order chi connectivity index (χ0) is 16.1. The normalized spacial score (nSPS) is 10.2. The lowest BCUT2D eigenvalue weighted by molar-refractivity contribution is -0.387. The van der Waals surface area contributed by atoms with E-state index in [4.69, 9.17) is 5.11 Å². The van der Waals surface area contributed by atoms with Crippen LogP contribution in [-0.4, -0.2) is 43.8 Å². The number of carbonyl (C=O) groups is 2. The molecular weight excluding hydrogens is 316 g/mol. The van der Waals surface area contributed by atoms with Gasteiger partial charge in [0.2, 0.25) is 0 Å². The number of carbonyl (C=O) groups excluding carboxylic acids is 1. The lowest BCUT2D eigenvalue weighted by Crippen LogP contribution is -2.13. The number of aromatic amines is 1. The Balaban J connectivity index is 2.25. The third-order valence-corrected chi connectivity index (χ3v) is 3.27. The number of carboxylic acid groups (broad SMARTS) is 1. The zero-order valence-electron chi connectivity index (χ0n) is 10.8. The van der Waals surface area contributed by atoms with Crippen LogP contribution in [0.25, 0.3) is 0 Å². The van der Waals surface area contributed by atoms with E-state index in [-0.39, 0.29) is 16.1 Å². The third kappa shape index (κ3) is 3.79. The molecule has 114 valence electrons. The van der Waals surface area contributed by atoms with E-state index in [9.17, 15) is 19.7 Å². The van der Waals surface area contributed by atoms with Crippen molar-refractivity contribution in [3.63, 3.8) is 0 Å². The standard InChI is InChI=1S/C11H8N4O6S/c16-9(17)4-21-10(18)6-1-2-8(7(3-6)15(19)20)22-11-12-5-13-14-11/h1-3,5H,4H2,(H,16,17)(H,12,13,14). The molecule has 0 amide bonds. The Bertz CT molecular complexity index is 717. The Hall–Kier alpha value is -2.95. The quantitative estimate of drug-likeness (QED) is 0.452. The van der Waals surface area contributed by atoms with Crippen molar-refractivity contribution in [2.45, 2.75) is 10.1 Å². The predicted octanol–water partition coefficient (Wildman–Crippen LogP) is 1.11. The molecule has 0 aliphatic heterocycles. The summed E-state index contributed by atoms with van der Waals surface area (Å²) in [6, 6.07) is 3.67. The Morgan fingerprint density at radius 1 is 1.45 bits per heavy atom. The van der Waals surface area contributed by atoms with Gasteiger partial charge in [-0.25, -0.2) is 14.6 Å². The first kappa shape index (κ1) is 15.4. The van der Waals surface area contributed by atoms with Crippen LogP contribution in [0.2, 0.25) is 0 Å². The van der Waals surface area contributed by atoms with E-state index in [1.807, 2.05) is 0 Å². The number of hydrogen-bond donors (Lipinski definition) is 2. The van der Waals surface area contributed by atoms with Gasteiger partial charge in [-0.1, -0.05) is 0 Å². The first-order valence-electron chi connectivity index (χ1n) is 5.68.